The number of halogens is 3. The number of allylic oxidation sites excluding steroid dienone is 1. The minimum atomic E-state index is -4.27. The number of nitrogens with one attached hydrogen (secondary N) is 1. The van der Waals surface area contributed by atoms with Crippen LogP contribution in [0, 0.1) is 6.92 Å². The van der Waals surface area contributed by atoms with E-state index in [-0.39, 0.29) is 5.69 Å². The molecule has 204 valence electrons. The Morgan fingerprint density at radius 2 is 1.92 bits per heavy atom. The zero-order valence-electron chi connectivity index (χ0n) is 22.9. The first-order valence-corrected chi connectivity index (χ1v) is 13.9. The van der Waals surface area contributed by atoms with Crippen LogP contribution in [-0.4, -0.2) is 72.7 Å². The van der Waals surface area contributed by atoms with Crippen molar-refractivity contribution >= 4 is 11.4 Å². The van der Waals surface area contributed by atoms with Crippen LogP contribution in [0.25, 0.3) is 5.57 Å². The molecule has 0 saturated carbocycles. The number of likely N-dealkylation sites (N-methyl/N-ethyl adjacent to an activating group) is 1. The third-order valence-corrected chi connectivity index (χ3v) is 8.20. The fraction of sp³-hybridized carbons (Fsp3) is 0.655. The molecule has 0 radical (unpaired) electrons. The van der Waals surface area contributed by atoms with Crippen molar-refractivity contribution in [2.75, 3.05) is 40.3 Å². The lowest BCUT2D eigenvalue weighted by molar-refractivity contribution is -0.938. The second kappa shape index (κ2) is 11.6. The Kier molecular flexibility index (Phi) is 8.66. The van der Waals surface area contributed by atoms with Crippen LogP contribution >= 0.6 is 0 Å². The number of nitrogens with zero attached hydrogens (tertiary/aromatic N) is 4. The van der Waals surface area contributed by atoms with Gasteiger partial charge in [0.05, 0.1) is 44.0 Å². The van der Waals surface area contributed by atoms with Gasteiger partial charge in [0, 0.05) is 33.0 Å². The van der Waals surface area contributed by atoms with Crippen molar-refractivity contribution in [1.82, 2.24) is 15.2 Å². The zero-order chi connectivity index (χ0) is 26.6. The van der Waals surface area contributed by atoms with Crippen LogP contribution in [-0.2, 0) is 6.42 Å². The number of aliphatic imine (C=N–C) groups is 1. The molecule has 4 heterocycles. The van der Waals surface area contributed by atoms with Crippen LogP contribution in [0.1, 0.15) is 75.2 Å². The van der Waals surface area contributed by atoms with Crippen molar-refractivity contribution in [3.8, 4) is 0 Å². The van der Waals surface area contributed by atoms with Crippen LogP contribution in [0.4, 0.5) is 13.2 Å². The summed E-state index contributed by atoms with van der Waals surface area (Å²) < 4.78 is 40.1. The Labute approximate surface area is 220 Å². The molecule has 1 N–H and O–H groups in total. The number of hydrogen-bond donors (Lipinski definition) is 1. The van der Waals surface area contributed by atoms with Crippen molar-refractivity contribution in [3.05, 3.63) is 46.6 Å². The molecule has 1 aromatic heterocycles. The zero-order valence-corrected chi connectivity index (χ0v) is 22.9. The Balaban J connectivity index is 1.40. The smallest absolute Gasteiger partial charge is 0.357 e. The van der Waals surface area contributed by atoms with E-state index in [9.17, 15) is 13.2 Å². The van der Waals surface area contributed by atoms with Crippen LogP contribution in [0.5, 0.6) is 0 Å². The summed E-state index contributed by atoms with van der Waals surface area (Å²) in [5, 5.41) is 3.55. The molecule has 1 unspecified atom stereocenters. The average Bonchev–Trinajstić information content (AvgIpc) is 3.16. The van der Waals surface area contributed by atoms with Gasteiger partial charge in [-0.1, -0.05) is 19.4 Å². The van der Waals surface area contributed by atoms with E-state index in [0.29, 0.717) is 18.3 Å². The molecule has 8 heteroatoms. The lowest BCUT2D eigenvalue weighted by atomic mass is 9.99. The molecule has 1 atom stereocenters. The molecule has 37 heavy (non-hydrogen) atoms. The van der Waals surface area contributed by atoms with Crippen LogP contribution in [0.3, 0.4) is 0 Å². The summed E-state index contributed by atoms with van der Waals surface area (Å²) in [5.41, 5.74) is 3.75. The lowest BCUT2D eigenvalue weighted by Crippen LogP contribution is -2.55. The van der Waals surface area contributed by atoms with E-state index in [1.807, 2.05) is 20.0 Å². The van der Waals surface area contributed by atoms with Gasteiger partial charge >= 0.3 is 6.18 Å². The van der Waals surface area contributed by atoms with Crippen LogP contribution in [0.15, 0.2) is 34.6 Å². The standard InChI is InChI=1S/C29H43F3N5/c1-5-9-25(37(4)14-7-6-8-15-37)12-13-33-27-18-22-10-11-23(20-36(3)28(22)35-27)26-17-21(2)16-24(34-26)19-29(30,31)32/h11,16-17,25H,5-10,12-15,18-20H2,1-4H3,(H,33,35)/q+1. The number of pyridine rings is 1. The molecule has 3 aliphatic heterocycles. The number of hydrogen-bond acceptors (Lipinski definition) is 3. The lowest BCUT2D eigenvalue weighted by Gasteiger charge is -2.44. The highest BCUT2D eigenvalue weighted by atomic mass is 19.4. The number of amidine groups is 1. The SMILES string of the molecule is CCCC(CCN=C1CC2=C(N1)N(C)CC(c1cc(C)cc(CC(F)(F)F)n1)=CC2)[N+]1(C)CCCCC1. The molecule has 5 nitrogen and oxygen atoms in total. The molecule has 0 spiro atoms. The van der Waals surface area contributed by atoms with Crippen LogP contribution < -0.4 is 5.32 Å². The number of quaternary nitrogens is 1. The maximum atomic E-state index is 13.0. The fourth-order valence-electron chi connectivity index (χ4n) is 6.26. The van der Waals surface area contributed by atoms with Gasteiger partial charge in [0.2, 0.25) is 0 Å². The third-order valence-electron chi connectivity index (χ3n) is 8.20. The summed E-state index contributed by atoms with van der Waals surface area (Å²) in [7, 11) is 4.47. The van der Waals surface area contributed by atoms with Gasteiger partial charge in [0.1, 0.15) is 11.7 Å². The first-order chi connectivity index (χ1) is 17.6. The largest absolute Gasteiger partial charge is 0.394 e. The van der Waals surface area contributed by atoms with Crippen LogP contribution in [0.2, 0.25) is 0 Å². The number of rotatable bonds is 8. The number of piperidine rings is 1. The highest BCUT2D eigenvalue weighted by molar-refractivity contribution is 5.89. The molecular weight excluding hydrogens is 475 g/mol. The van der Waals surface area contributed by atoms with Crippen molar-refractivity contribution in [3.63, 3.8) is 0 Å². The quantitative estimate of drug-likeness (QED) is 0.429. The summed E-state index contributed by atoms with van der Waals surface area (Å²) in [6.07, 6.45) is 6.06. The van der Waals surface area contributed by atoms with Gasteiger partial charge in [-0.15, -0.1) is 0 Å². The molecule has 0 bridgehead atoms. The molecular formula is C29H43F3N5+. The average molecular weight is 519 g/mol. The number of alkyl halides is 3. The van der Waals surface area contributed by atoms with E-state index in [0.717, 1.165) is 48.6 Å². The van der Waals surface area contributed by atoms with E-state index in [2.05, 4.69) is 35.2 Å². The number of aromatic nitrogens is 1. The van der Waals surface area contributed by atoms with Gasteiger partial charge < -0.3 is 14.7 Å². The first kappa shape index (κ1) is 27.7. The van der Waals surface area contributed by atoms with Crippen molar-refractivity contribution in [2.24, 2.45) is 4.99 Å². The van der Waals surface area contributed by atoms with Gasteiger partial charge in [0.25, 0.3) is 0 Å². The van der Waals surface area contributed by atoms with Crippen molar-refractivity contribution < 1.29 is 17.7 Å². The minimum absolute atomic E-state index is 0.0745. The summed E-state index contributed by atoms with van der Waals surface area (Å²) in [6.45, 7) is 8.14. The molecule has 1 saturated heterocycles. The summed E-state index contributed by atoms with van der Waals surface area (Å²) in [6, 6.07) is 4.09. The second-order valence-electron chi connectivity index (χ2n) is 11.4. The van der Waals surface area contributed by atoms with Gasteiger partial charge in [-0.2, -0.15) is 13.2 Å². The normalized spacial score (nSPS) is 22.0. The predicted octanol–water partition coefficient (Wildman–Crippen LogP) is 6.01. The van der Waals surface area contributed by atoms with Gasteiger partial charge in [-0.25, -0.2) is 0 Å². The topological polar surface area (TPSA) is 40.5 Å². The van der Waals surface area contributed by atoms with Crippen molar-refractivity contribution in [2.45, 2.75) is 83.9 Å². The first-order valence-electron chi connectivity index (χ1n) is 13.9. The van der Waals surface area contributed by atoms with Crippen molar-refractivity contribution in [1.29, 1.82) is 0 Å². The summed E-state index contributed by atoms with van der Waals surface area (Å²) in [4.78, 5) is 11.5. The van der Waals surface area contributed by atoms with E-state index >= 15 is 0 Å². The Hall–Kier alpha value is -2.35. The molecule has 3 aliphatic rings. The highest BCUT2D eigenvalue weighted by Crippen LogP contribution is 2.30. The third kappa shape index (κ3) is 7.15. The predicted molar refractivity (Wildman–Crippen MR) is 144 cm³/mol. The fourth-order valence-corrected chi connectivity index (χ4v) is 6.26. The summed E-state index contributed by atoms with van der Waals surface area (Å²) >= 11 is 0. The second-order valence-corrected chi connectivity index (χ2v) is 11.4. The minimum Gasteiger partial charge on any atom is -0.357 e. The molecule has 1 aromatic rings. The van der Waals surface area contributed by atoms with E-state index in [4.69, 9.17) is 4.99 Å². The molecule has 4 rings (SSSR count). The van der Waals surface area contributed by atoms with Gasteiger partial charge in [-0.3, -0.25) is 9.98 Å². The highest BCUT2D eigenvalue weighted by Gasteiger charge is 2.33. The molecule has 1 fully saturated rings. The summed E-state index contributed by atoms with van der Waals surface area (Å²) in [5.74, 6) is 2.11. The monoisotopic (exact) mass is 518 g/mol. The maximum absolute atomic E-state index is 13.0. The molecule has 0 amide bonds. The molecule has 0 aliphatic carbocycles. The van der Waals surface area contributed by atoms with E-state index in [1.165, 1.54) is 61.3 Å². The number of aryl methyl sites for hydroxylation is 1. The molecule has 0 aromatic carbocycles. The number of likely N-dealkylation sites (tertiary alicyclic amines) is 1. The van der Waals surface area contributed by atoms with E-state index < -0.39 is 12.6 Å². The maximum Gasteiger partial charge on any atom is 0.394 e. The van der Waals surface area contributed by atoms with Gasteiger partial charge in [0.15, 0.2) is 0 Å². The Morgan fingerprint density at radius 1 is 1.16 bits per heavy atom. The van der Waals surface area contributed by atoms with E-state index in [1.54, 1.807) is 0 Å². The Morgan fingerprint density at radius 3 is 2.62 bits per heavy atom. The Bertz CT molecular complexity index is 1050. The van der Waals surface area contributed by atoms with Gasteiger partial charge in [-0.05, 0) is 67.9 Å².